The van der Waals surface area contributed by atoms with E-state index in [1.807, 2.05) is 29.2 Å². The molecule has 0 amide bonds. The Hall–Kier alpha value is -3.46. The molecule has 0 saturated carbocycles. The third kappa shape index (κ3) is 3.77. The van der Waals surface area contributed by atoms with Gasteiger partial charge < -0.3 is 26.0 Å². The second-order valence-electron chi connectivity index (χ2n) is 7.08. The van der Waals surface area contributed by atoms with Gasteiger partial charge in [-0.15, -0.1) is 0 Å². The normalized spacial score (nSPS) is 16.4. The highest BCUT2D eigenvalue weighted by Crippen LogP contribution is 2.24. The predicted molar refractivity (Wildman–Crippen MR) is 108 cm³/mol. The van der Waals surface area contributed by atoms with E-state index in [0.29, 0.717) is 25.3 Å². The van der Waals surface area contributed by atoms with Gasteiger partial charge in [0.1, 0.15) is 11.2 Å². The van der Waals surface area contributed by atoms with Gasteiger partial charge in [-0.25, -0.2) is 14.2 Å². The standard InChI is InChI=1S/C20H20FN5O3/c21-16-7-14-17(27)15(20(28)29)9-24-18(14)25-19(16)26-6-5-13(10-26)23-8-11-1-3-12(22)4-2-11/h1-4,7,9,13,23H,5-6,8,10,22H2,(H,28,29)(H,24,25,27). The number of hydrogen-bond acceptors (Lipinski definition) is 6. The summed E-state index contributed by atoms with van der Waals surface area (Å²) in [5.41, 5.74) is 6.48. The Labute approximate surface area is 165 Å². The third-order valence-corrected chi connectivity index (χ3v) is 5.09. The molecule has 5 N–H and O–H groups in total. The lowest BCUT2D eigenvalue weighted by Gasteiger charge is -2.19. The Kier molecular flexibility index (Phi) is 4.89. The first-order chi connectivity index (χ1) is 13.9. The van der Waals surface area contributed by atoms with E-state index in [4.69, 9.17) is 10.8 Å². The van der Waals surface area contributed by atoms with Gasteiger partial charge >= 0.3 is 5.97 Å². The molecule has 29 heavy (non-hydrogen) atoms. The molecular weight excluding hydrogens is 377 g/mol. The van der Waals surface area contributed by atoms with E-state index in [1.165, 1.54) is 0 Å². The minimum absolute atomic E-state index is 0.0802. The number of aromatic carboxylic acids is 1. The average Bonchev–Trinajstić information content (AvgIpc) is 3.16. The number of aromatic nitrogens is 2. The Morgan fingerprint density at radius 2 is 2.14 bits per heavy atom. The lowest BCUT2D eigenvalue weighted by Crippen LogP contribution is -2.32. The smallest absolute Gasteiger partial charge is 0.341 e. The number of hydrogen-bond donors (Lipinski definition) is 4. The summed E-state index contributed by atoms with van der Waals surface area (Å²) in [4.78, 5) is 32.0. The molecule has 2 aromatic heterocycles. The van der Waals surface area contributed by atoms with Crippen molar-refractivity contribution in [2.75, 3.05) is 23.7 Å². The number of pyridine rings is 2. The van der Waals surface area contributed by atoms with Crippen molar-refractivity contribution in [2.24, 2.45) is 0 Å². The Bertz CT molecular complexity index is 1130. The van der Waals surface area contributed by atoms with Crippen LogP contribution in [0.2, 0.25) is 0 Å². The van der Waals surface area contributed by atoms with Crippen LogP contribution < -0.4 is 21.4 Å². The molecule has 0 radical (unpaired) electrons. The van der Waals surface area contributed by atoms with Gasteiger partial charge in [-0.1, -0.05) is 12.1 Å². The van der Waals surface area contributed by atoms with Crippen LogP contribution in [-0.4, -0.2) is 40.2 Å². The molecule has 3 aromatic rings. The Balaban J connectivity index is 1.50. The highest BCUT2D eigenvalue weighted by Gasteiger charge is 2.26. The molecule has 1 unspecified atom stereocenters. The van der Waals surface area contributed by atoms with E-state index in [0.717, 1.165) is 24.2 Å². The number of fused-ring (bicyclic) bond motifs is 1. The molecule has 1 aliphatic heterocycles. The number of halogens is 1. The molecule has 0 aliphatic carbocycles. The Morgan fingerprint density at radius 1 is 1.38 bits per heavy atom. The number of H-pyrrole nitrogens is 1. The second kappa shape index (κ2) is 7.51. The van der Waals surface area contributed by atoms with Crippen molar-refractivity contribution in [2.45, 2.75) is 19.0 Å². The van der Waals surface area contributed by atoms with Gasteiger partial charge in [0.2, 0.25) is 5.43 Å². The number of nitrogen functional groups attached to an aromatic ring is 1. The highest BCUT2D eigenvalue weighted by molar-refractivity contribution is 5.91. The van der Waals surface area contributed by atoms with Crippen molar-refractivity contribution in [3.8, 4) is 0 Å². The van der Waals surface area contributed by atoms with Gasteiger partial charge in [0.15, 0.2) is 11.6 Å². The van der Waals surface area contributed by atoms with Crippen molar-refractivity contribution in [3.63, 3.8) is 0 Å². The maximum absolute atomic E-state index is 14.7. The molecule has 0 bridgehead atoms. The molecule has 0 spiro atoms. The van der Waals surface area contributed by atoms with E-state index in [1.54, 1.807) is 0 Å². The Morgan fingerprint density at radius 3 is 2.86 bits per heavy atom. The first-order valence-electron chi connectivity index (χ1n) is 9.20. The summed E-state index contributed by atoms with van der Waals surface area (Å²) in [5.74, 6) is -1.87. The molecule has 4 rings (SSSR count). The lowest BCUT2D eigenvalue weighted by atomic mass is 10.2. The summed E-state index contributed by atoms with van der Waals surface area (Å²) in [5, 5.41) is 12.4. The van der Waals surface area contributed by atoms with Crippen LogP contribution >= 0.6 is 0 Å². The molecule has 9 heteroatoms. The maximum atomic E-state index is 14.7. The van der Waals surface area contributed by atoms with E-state index in [9.17, 15) is 14.0 Å². The van der Waals surface area contributed by atoms with Crippen LogP contribution in [0.5, 0.6) is 0 Å². The monoisotopic (exact) mass is 397 g/mol. The zero-order valence-electron chi connectivity index (χ0n) is 15.5. The van der Waals surface area contributed by atoms with Gasteiger partial charge in [0, 0.05) is 37.6 Å². The van der Waals surface area contributed by atoms with E-state index in [2.05, 4.69) is 15.3 Å². The fourth-order valence-corrected chi connectivity index (χ4v) is 3.51. The first kappa shape index (κ1) is 18.9. The average molecular weight is 397 g/mol. The first-order valence-corrected chi connectivity index (χ1v) is 9.20. The summed E-state index contributed by atoms with van der Waals surface area (Å²) in [6.07, 6.45) is 1.91. The topological polar surface area (TPSA) is 124 Å². The van der Waals surface area contributed by atoms with Gasteiger partial charge in [0.25, 0.3) is 0 Å². The summed E-state index contributed by atoms with van der Waals surface area (Å²) in [6, 6.07) is 8.84. The zero-order valence-corrected chi connectivity index (χ0v) is 15.5. The number of carboxylic acids is 1. The number of nitrogens with one attached hydrogen (secondary N) is 2. The number of aromatic amines is 1. The van der Waals surface area contributed by atoms with Crippen molar-refractivity contribution in [1.29, 1.82) is 0 Å². The zero-order chi connectivity index (χ0) is 20.5. The minimum Gasteiger partial charge on any atom is -0.477 e. The van der Waals surface area contributed by atoms with Crippen LogP contribution in [0, 0.1) is 5.82 Å². The van der Waals surface area contributed by atoms with Crippen LogP contribution in [-0.2, 0) is 6.54 Å². The number of benzene rings is 1. The van der Waals surface area contributed by atoms with Gasteiger partial charge in [0.05, 0.1) is 5.39 Å². The van der Waals surface area contributed by atoms with Crippen molar-refractivity contribution in [3.05, 3.63) is 63.7 Å². The van der Waals surface area contributed by atoms with Crippen molar-refractivity contribution < 1.29 is 14.3 Å². The minimum atomic E-state index is -1.37. The van der Waals surface area contributed by atoms with E-state index >= 15 is 0 Å². The number of rotatable bonds is 5. The number of anilines is 2. The van der Waals surface area contributed by atoms with E-state index < -0.39 is 22.8 Å². The molecule has 1 atom stereocenters. The largest absolute Gasteiger partial charge is 0.477 e. The summed E-state index contributed by atoms with van der Waals surface area (Å²) in [6.45, 7) is 1.87. The molecule has 1 aliphatic rings. The van der Waals surface area contributed by atoms with Crippen molar-refractivity contribution in [1.82, 2.24) is 15.3 Å². The molecule has 1 aromatic carbocycles. The van der Waals surface area contributed by atoms with Crippen LogP contribution in [0.1, 0.15) is 22.3 Å². The maximum Gasteiger partial charge on any atom is 0.341 e. The van der Waals surface area contributed by atoms with Gasteiger partial charge in [-0.05, 0) is 30.2 Å². The number of carboxylic acid groups (broad SMARTS) is 1. The summed E-state index contributed by atoms with van der Waals surface area (Å²) < 4.78 is 14.7. The van der Waals surface area contributed by atoms with Crippen LogP contribution in [0.4, 0.5) is 15.9 Å². The third-order valence-electron chi connectivity index (χ3n) is 5.09. The molecule has 8 nitrogen and oxygen atoms in total. The van der Waals surface area contributed by atoms with Crippen LogP contribution in [0.3, 0.4) is 0 Å². The summed E-state index contributed by atoms with van der Waals surface area (Å²) >= 11 is 0. The second-order valence-corrected chi connectivity index (χ2v) is 7.08. The predicted octanol–water partition coefficient (Wildman–Crippen LogP) is 1.71. The van der Waals surface area contributed by atoms with Gasteiger partial charge in [-0.3, -0.25) is 4.79 Å². The molecule has 1 saturated heterocycles. The fraction of sp³-hybridized carbons (Fsp3) is 0.250. The fourth-order valence-electron chi connectivity index (χ4n) is 3.51. The van der Waals surface area contributed by atoms with Gasteiger partial charge in [-0.2, -0.15) is 0 Å². The summed E-state index contributed by atoms with van der Waals surface area (Å²) in [7, 11) is 0. The number of nitrogens with zero attached hydrogens (tertiary/aromatic N) is 2. The number of carbonyl (C=O) groups is 1. The van der Waals surface area contributed by atoms with Crippen LogP contribution in [0.25, 0.3) is 11.0 Å². The number of nitrogens with two attached hydrogens (primary N) is 1. The van der Waals surface area contributed by atoms with Crippen molar-refractivity contribution >= 4 is 28.5 Å². The molecule has 1 fully saturated rings. The lowest BCUT2D eigenvalue weighted by molar-refractivity contribution is 0.0695. The SMILES string of the molecule is Nc1ccc(CNC2CCN(c3nc4[nH]cc(C(=O)O)c(=O)c4cc3F)C2)cc1. The molecular formula is C20H20FN5O3. The van der Waals surface area contributed by atoms with Crippen LogP contribution in [0.15, 0.2) is 41.3 Å². The van der Waals surface area contributed by atoms with E-state index in [-0.39, 0.29) is 22.9 Å². The quantitative estimate of drug-likeness (QED) is 0.483. The highest BCUT2D eigenvalue weighted by atomic mass is 19.1. The molecule has 150 valence electrons. The molecule has 3 heterocycles.